The van der Waals surface area contributed by atoms with E-state index in [2.05, 4.69) is 39.5 Å². The molecular formula is C11H12ClIN3+. The molecule has 2 heterocycles. The van der Waals surface area contributed by atoms with Crippen LogP contribution in [0.1, 0.15) is 19.8 Å². The van der Waals surface area contributed by atoms with E-state index in [0.717, 1.165) is 21.2 Å². The van der Waals surface area contributed by atoms with Crippen molar-refractivity contribution in [3.05, 3.63) is 23.8 Å². The van der Waals surface area contributed by atoms with Crippen molar-refractivity contribution < 1.29 is 4.00 Å². The van der Waals surface area contributed by atoms with Crippen molar-refractivity contribution in [2.45, 2.75) is 19.8 Å². The number of amidine groups is 1. The molecule has 0 aromatic heterocycles. The van der Waals surface area contributed by atoms with Gasteiger partial charge in [-0.15, -0.1) is 4.00 Å². The van der Waals surface area contributed by atoms with Gasteiger partial charge >= 0.3 is 0 Å². The second kappa shape index (κ2) is 3.65. The third-order valence-corrected chi connectivity index (χ3v) is 5.15. The third-order valence-electron chi connectivity index (χ3n) is 3.41. The van der Waals surface area contributed by atoms with Crippen LogP contribution < -0.4 is 0 Å². The van der Waals surface area contributed by atoms with Crippen LogP contribution in [0.4, 0.5) is 0 Å². The summed E-state index contributed by atoms with van der Waals surface area (Å²) in [4.78, 5) is 8.81. The molecule has 1 unspecified atom stereocenters. The van der Waals surface area contributed by atoms with Crippen molar-refractivity contribution in [2.24, 2.45) is 21.8 Å². The Labute approximate surface area is 113 Å². The van der Waals surface area contributed by atoms with Gasteiger partial charge in [0, 0.05) is 5.92 Å². The maximum atomic E-state index is 6.54. The van der Waals surface area contributed by atoms with Crippen LogP contribution in [0.2, 0.25) is 0 Å². The number of fused-ring (bicyclic) bond motifs is 1. The Bertz CT molecular complexity index is 460. The second-order valence-electron chi connectivity index (χ2n) is 4.64. The lowest BCUT2D eigenvalue weighted by molar-refractivity contribution is -0.594. The summed E-state index contributed by atoms with van der Waals surface area (Å²) in [6.45, 7) is 2.28. The zero-order valence-corrected chi connectivity index (χ0v) is 11.8. The van der Waals surface area contributed by atoms with E-state index in [9.17, 15) is 0 Å². The highest BCUT2D eigenvalue weighted by atomic mass is 127. The van der Waals surface area contributed by atoms with Crippen molar-refractivity contribution in [3.8, 4) is 0 Å². The molecule has 84 valence electrons. The number of aliphatic imine (C=N–C) groups is 2. The summed E-state index contributed by atoms with van der Waals surface area (Å²) < 4.78 is 1.08. The van der Waals surface area contributed by atoms with Crippen LogP contribution in [0.5, 0.6) is 0 Å². The Hall–Kier alpha value is -0.200. The number of nitrogens with zero attached hydrogens (tertiary/aromatic N) is 3. The third kappa shape index (κ3) is 1.43. The lowest BCUT2D eigenvalue weighted by Crippen LogP contribution is -2.34. The van der Waals surface area contributed by atoms with E-state index in [1.54, 1.807) is 6.20 Å². The zero-order chi connectivity index (χ0) is 11.3. The highest BCUT2D eigenvalue weighted by Crippen LogP contribution is 2.46. The lowest BCUT2D eigenvalue weighted by Gasteiger charge is -2.32. The van der Waals surface area contributed by atoms with Gasteiger partial charge in [0.1, 0.15) is 11.9 Å². The molecule has 5 heteroatoms. The number of rotatable bonds is 1. The van der Waals surface area contributed by atoms with Crippen LogP contribution in [0.25, 0.3) is 0 Å². The molecule has 0 aromatic carbocycles. The molecule has 0 N–H and O–H groups in total. The molecule has 1 fully saturated rings. The number of halogens is 2. The van der Waals surface area contributed by atoms with Crippen molar-refractivity contribution >= 4 is 44.4 Å². The summed E-state index contributed by atoms with van der Waals surface area (Å²) in [7, 11) is 0. The van der Waals surface area contributed by atoms with E-state index in [1.165, 1.54) is 12.8 Å². The summed E-state index contributed by atoms with van der Waals surface area (Å²) in [5.74, 6) is 1.39. The van der Waals surface area contributed by atoms with Crippen molar-refractivity contribution in [1.29, 1.82) is 0 Å². The van der Waals surface area contributed by atoms with Crippen LogP contribution in [0.15, 0.2) is 33.8 Å². The Morgan fingerprint density at radius 2 is 2.25 bits per heavy atom. The van der Waals surface area contributed by atoms with Gasteiger partial charge in [-0.1, -0.05) is 6.92 Å². The van der Waals surface area contributed by atoms with Crippen LogP contribution >= 0.6 is 34.4 Å². The molecule has 2 aliphatic heterocycles. The predicted octanol–water partition coefficient (Wildman–Crippen LogP) is 3.57. The van der Waals surface area contributed by atoms with Gasteiger partial charge in [0.25, 0.3) is 3.84 Å². The minimum atomic E-state index is 0.185. The molecule has 0 radical (unpaired) electrons. The molecule has 3 rings (SSSR count). The van der Waals surface area contributed by atoms with E-state index in [-0.39, 0.29) is 4.00 Å². The van der Waals surface area contributed by atoms with Crippen LogP contribution in [-0.4, -0.2) is 14.1 Å². The Kier molecular flexibility index (Phi) is 2.49. The van der Waals surface area contributed by atoms with Gasteiger partial charge in [-0.05, 0) is 18.8 Å². The quantitative estimate of drug-likeness (QED) is 0.393. The molecular weight excluding hydrogens is 336 g/mol. The van der Waals surface area contributed by atoms with Crippen molar-refractivity contribution in [3.63, 3.8) is 0 Å². The fraction of sp³-hybridized carbons (Fsp3) is 0.455. The van der Waals surface area contributed by atoms with E-state index >= 15 is 0 Å². The first kappa shape index (κ1) is 10.9. The predicted molar refractivity (Wildman–Crippen MR) is 74.1 cm³/mol. The first-order chi connectivity index (χ1) is 7.61. The van der Waals surface area contributed by atoms with Gasteiger partial charge in [0.2, 0.25) is 5.70 Å². The standard InChI is InChI=1S/C11H12ClIN3/c1-7-4-8(5-7)10-9-6-14-2-3-16(9,12)11(13)15-10/h2-3,6-8H,4-5H2,1H3/q+1. The second-order valence-corrected chi connectivity index (χ2v) is 6.14. The molecule has 1 saturated carbocycles. The van der Waals surface area contributed by atoms with Gasteiger partial charge in [-0.3, -0.25) is 4.99 Å². The monoisotopic (exact) mass is 348 g/mol. The first-order valence-corrected chi connectivity index (χ1v) is 6.81. The molecule has 1 atom stereocenters. The van der Waals surface area contributed by atoms with Gasteiger partial charge < -0.3 is 0 Å². The average Bonchev–Trinajstić information content (AvgIpc) is 2.47. The molecule has 1 aliphatic carbocycles. The highest BCUT2D eigenvalue weighted by Gasteiger charge is 2.47. The fourth-order valence-electron chi connectivity index (χ4n) is 2.46. The largest absolute Gasteiger partial charge is 0.292 e. The van der Waals surface area contributed by atoms with Gasteiger partial charge in [0.05, 0.1) is 35.0 Å². The number of hydrogen-bond acceptors (Lipinski definition) is 2. The summed E-state index contributed by atoms with van der Waals surface area (Å²) >= 11 is 8.76. The molecule has 0 amide bonds. The lowest BCUT2D eigenvalue weighted by atomic mass is 9.74. The Morgan fingerprint density at radius 1 is 1.50 bits per heavy atom. The minimum absolute atomic E-state index is 0.185. The van der Waals surface area contributed by atoms with E-state index in [0.29, 0.717) is 5.92 Å². The SMILES string of the molecule is CC1CC(C2=C3C=NC=C[N+]3(Cl)C(I)=N2)C1. The summed E-state index contributed by atoms with van der Waals surface area (Å²) in [5, 5.41) is 0. The number of quaternary nitrogens is 1. The first-order valence-electron chi connectivity index (χ1n) is 5.40. The Balaban J connectivity index is 2.01. The topological polar surface area (TPSA) is 24.7 Å². The summed E-state index contributed by atoms with van der Waals surface area (Å²) in [6.07, 6.45) is 7.90. The molecule has 0 bridgehead atoms. The van der Waals surface area contributed by atoms with Gasteiger partial charge in [-0.25, -0.2) is 0 Å². The maximum absolute atomic E-state index is 6.54. The van der Waals surface area contributed by atoms with E-state index in [1.807, 2.05) is 12.4 Å². The van der Waals surface area contributed by atoms with Crippen LogP contribution in [0, 0.1) is 11.8 Å². The highest BCUT2D eigenvalue weighted by molar-refractivity contribution is 14.1. The maximum Gasteiger partial charge on any atom is 0.292 e. The van der Waals surface area contributed by atoms with Gasteiger partial charge in [0.15, 0.2) is 11.8 Å². The minimum Gasteiger partial charge on any atom is -0.253 e. The molecule has 16 heavy (non-hydrogen) atoms. The zero-order valence-electron chi connectivity index (χ0n) is 8.90. The van der Waals surface area contributed by atoms with Crippen molar-refractivity contribution in [1.82, 2.24) is 0 Å². The number of allylic oxidation sites excluding steroid dienone is 2. The summed E-state index contributed by atoms with van der Waals surface area (Å²) in [5.41, 5.74) is 2.18. The van der Waals surface area contributed by atoms with Crippen LogP contribution in [-0.2, 0) is 0 Å². The molecule has 3 nitrogen and oxygen atoms in total. The molecule has 3 aliphatic rings. The summed E-state index contributed by atoms with van der Waals surface area (Å²) in [6, 6.07) is 0. The molecule has 0 saturated heterocycles. The molecule has 0 aromatic rings. The van der Waals surface area contributed by atoms with E-state index in [4.69, 9.17) is 11.8 Å². The van der Waals surface area contributed by atoms with Crippen LogP contribution in [0.3, 0.4) is 0 Å². The van der Waals surface area contributed by atoms with Gasteiger partial charge in [-0.2, -0.15) is 4.99 Å². The molecule has 0 spiro atoms. The average molecular weight is 349 g/mol. The number of hydrogen-bond donors (Lipinski definition) is 0. The van der Waals surface area contributed by atoms with Crippen molar-refractivity contribution in [2.75, 3.05) is 0 Å². The fourth-order valence-corrected chi connectivity index (χ4v) is 3.36. The van der Waals surface area contributed by atoms with E-state index < -0.39 is 0 Å². The normalized spacial score (nSPS) is 40.8. The Morgan fingerprint density at radius 3 is 2.94 bits per heavy atom. The smallest absolute Gasteiger partial charge is 0.253 e.